The Morgan fingerprint density at radius 2 is 1.85 bits per heavy atom. The van der Waals surface area contributed by atoms with Crippen molar-refractivity contribution in [2.75, 3.05) is 0 Å². The molecule has 0 amide bonds. The van der Waals surface area contributed by atoms with Crippen molar-refractivity contribution in [2.24, 2.45) is 0 Å². The molecule has 0 fully saturated rings. The molecule has 72 valence electrons. The predicted molar refractivity (Wildman–Crippen MR) is 46.5 cm³/mol. The molecule has 0 radical (unpaired) electrons. The summed E-state index contributed by atoms with van der Waals surface area (Å²) < 4.78 is 25.8. The summed E-state index contributed by atoms with van der Waals surface area (Å²) in [4.78, 5) is 0. The maximum absolute atomic E-state index is 13.1. The second-order valence-electron chi connectivity index (χ2n) is 3.20. The van der Waals surface area contributed by atoms with Crippen LogP contribution >= 0.6 is 0 Å². The van der Waals surface area contributed by atoms with Gasteiger partial charge in [0.05, 0.1) is 6.10 Å². The minimum absolute atomic E-state index is 0.218. The van der Waals surface area contributed by atoms with Crippen molar-refractivity contribution >= 4 is 0 Å². The Kier molecular flexibility index (Phi) is 2.98. The van der Waals surface area contributed by atoms with Crippen LogP contribution in [0.3, 0.4) is 0 Å². The topological polar surface area (TPSA) is 20.2 Å². The Bertz CT molecular complexity index is 297. The number of aliphatic hydroxyl groups excluding tert-OH is 1. The highest BCUT2D eigenvalue weighted by Crippen LogP contribution is 2.22. The Hall–Kier alpha value is -0.960. The second kappa shape index (κ2) is 3.83. The molecule has 0 spiro atoms. The molecule has 0 aliphatic carbocycles. The van der Waals surface area contributed by atoms with Gasteiger partial charge in [0.25, 0.3) is 0 Å². The minimum Gasteiger partial charge on any atom is -0.393 e. The van der Waals surface area contributed by atoms with Crippen molar-refractivity contribution in [3.05, 3.63) is 35.4 Å². The maximum Gasteiger partial charge on any atom is 0.126 e. The lowest BCUT2D eigenvalue weighted by molar-refractivity contribution is 0.167. The molecule has 0 aliphatic rings. The molecular formula is C10H12F2O. The van der Waals surface area contributed by atoms with E-state index in [4.69, 9.17) is 0 Å². The first-order valence-corrected chi connectivity index (χ1v) is 4.15. The molecule has 3 heteroatoms. The zero-order chi connectivity index (χ0) is 10.0. The molecule has 0 aromatic heterocycles. The molecule has 13 heavy (non-hydrogen) atoms. The summed E-state index contributed by atoms with van der Waals surface area (Å²) in [5.74, 6) is -1.35. The first-order chi connectivity index (χ1) is 6.02. The quantitative estimate of drug-likeness (QED) is 0.752. The summed E-state index contributed by atoms with van der Waals surface area (Å²) in [6.07, 6.45) is -0.684. The van der Waals surface area contributed by atoms with Gasteiger partial charge in [0.1, 0.15) is 11.6 Å². The van der Waals surface area contributed by atoms with Gasteiger partial charge in [0.2, 0.25) is 0 Å². The van der Waals surface area contributed by atoms with Crippen molar-refractivity contribution in [3.63, 3.8) is 0 Å². The monoisotopic (exact) mass is 186 g/mol. The van der Waals surface area contributed by atoms with E-state index in [1.165, 1.54) is 0 Å². The van der Waals surface area contributed by atoms with Crippen molar-refractivity contribution in [1.82, 2.24) is 0 Å². The van der Waals surface area contributed by atoms with E-state index < -0.39 is 23.7 Å². The smallest absolute Gasteiger partial charge is 0.126 e. The molecule has 2 atom stereocenters. The first-order valence-electron chi connectivity index (χ1n) is 4.15. The lowest BCUT2D eigenvalue weighted by Crippen LogP contribution is -2.12. The fourth-order valence-corrected chi connectivity index (χ4v) is 1.12. The Labute approximate surface area is 76.0 Å². The van der Waals surface area contributed by atoms with Crippen LogP contribution in [0, 0.1) is 11.6 Å². The summed E-state index contributed by atoms with van der Waals surface area (Å²) in [6.45, 7) is 3.21. The number of hydrogen-bond acceptors (Lipinski definition) is 1. The van der Waals surface area contributed by atoms with Crippen LogP contribution in [0.4, 0.5) is 8.78 Å². The highest BCUT2D eigenvalue weighted by atomic mass is 19.1. The minimum atomic E-state index is -0.684. The molecule has 1 aromatic carbocycles. The van der Waals surface area contributed by atoms with Crippen LogP contribution in [0.2, 0.25) is 0 Å². The molecule has 1 rings (SSSR count). The van der Waals surface area contributed by atoms with Crippen molar-refractivity contribution in [2.45, 2.75) is 25.9 Å². The van der Waals surface area contributed by atoms with Gasteiger partial charge in [-0.1, -0.05) is 6.92 Å². The zero-order valence-electron chi connectivity index (χ0n) is 7.59. The van der Waals surface area contributed by atoms with Crippen LogP contribution < -0.4 is 0 Å². The van der Waals surface area contributed by atoms with E-state index in [1.807, 2.05) is 0 Å². The van der Waals surface area contributed by atoms with E-state index in [9.17, 15) is 13.9 Å². The van der Waals surface area contributed by atoms with Gasteiger partial charge in [0.15, 0.2) is 0 Å². The molecule has 0 saturated heterocycles. The summed E-state index contributed by atoms with van der Waals surface area (Å²) in [5, 5.41) is 9.20. The number of rotatable bonds is 2. The molecule has 1 aromatic rings. The third-order valence-electron chi connectivity index (χ3n) is 2.17. The van der Waals surface area contributed by atoms with Gasteiger partial charge in [-0.05, 0) is 30.7 Å². The highest BCUT2D eigenvalue weighted by Gasteiger charge is 2.16. The van der Waals surface area contributed by atoms with Crippen molar-refractivity contribution in [1.29, 1.82) is 0 Å². The van der Waals surface area contributed by atoms with E-state index in [2.05, 4.69) is 0 Å². The van der Waals surface area contributed by atoms with Crippen LogP contribution in [-0.2, 0) is 0 Å². The fourth-order valence-electron chi connectivity index (χ4n) is 1.12. The number of halogens is 2. The van der Waals surface area contributed by atoms with Crippen LogP contribution in [0.25, 0.3) is 0 Å². The normalized spacial score (nSPS) is 15.5. The number of aliphatic hydroxyl groups is 1. The Morgan fingerprint density at radius 1 is 1.23 bits per heavy atom. The molecule has 1 N–H and O–H groups in total. The van der Waals surface area contributed by atoms with Crippen molar-refractivity contribution < 1.29 is 13.9 Å². The van der Waals surface area contributed by atoms with E-state index in [-0.39, 0.29) is 5.56 Å². The van der Waals surface area contributed by atoms with E-state index in [0.717, 1.165) is 18.2 Å². The van der Waals surface area contributed by atoms with Gasteiger partial charge < -0.3 is 5.11 Å². The standard InChI is InChI=1S/C10H12F2O/c1-6(7(2)13)9-5-8(11)3-4-10(9)12/h3-7,13H,1-2H3. The summed E-state index contributed by atoms with van der Waals surface area (Å²) in [7, 11) is 0. The SMILES string of the molecule is CC(O)C(C)c1cc(F)ccc1F. The molecule has 0 bridgehead atoms. The van der Waals surface area contributed by atoms with Crippen LogP contribution in [0.1, 0.15) is 25.3 Å². The third kappa shape index (κ3) is 2.25. The summed E-state index contributed by atoms with van der Waals surface area (Å²) >= 11 is 0. The van der Waals surface area contributed by atoms with Crippen LogP contribution in [-0.4, -0.2) is 11.2 Å². The van der Waals surface area contributed by atoms with E-state index in [0.29, 0.717) is 0 Å². The molecule has 2 unspecified atom stereocenters. The van der Waals surface area contributed by atoms with Gasteiger partial charge >= 0.3 is 0 Å². The lowest BCUT2D eigenvalue weighted by Gasteiger charge is -2.15. The number of hydrogen-bond donors (Lipinski definition) is 1. The largest absolute Gasteiger partial charge is 0.393 e. The van der Waals surface area contributed by atoms with Crippen LogP contribution in [0.15, 0.2) is 18.2 Å². The molecular weight excluding hydrogens is 174 g/mol. The lowest BCUT2D eigenvalue weighted by atomic mass is 9.96. The van der Waals surface area contributed by atoms with Crippen molar-refractivity contribution in [3.8, 4) is 0 Å². The average molecular weight is 186 g/mol. The molecule has 0 aliphatic heterocycles. The zero-order valence-corrected chi connectivity index (χ0v) is 7.59. The van der Waals surface area contributed by atoms with Gasteiger partial charge in [-0.2, -0.15) is 0 Å². The van der Waals surface area contributed by atoms with E-state index >= 15 is 0 Å². The average Bonchev–Trinajstić information content (AvgIpc) is 2.08. The second-order valence-corrected chi connectivity index (χ2v) is 3.20. The molecule has 1 nitrogen and oxygen atoms in total. The van der Waals surface area contributed by atoms with Gasteiger partial charge in [-0.25, -0.2) is 8.78 Å². The summed E-state index contributed by atoms with van der Waals surface area (Å²) in [6, 6.07) is 3.25. The maximum atomic E-state index is 13.1. The highest BCUT2D eigenvalue weighted by molar-refractivity contribution is 5.23. The summed E-state index contributed by atoms with van der Waals surface area (Å²) in [5.41, 5.74) is 0.218. The van der Waals surface area contributed by atoms with Crippen LogP contribution in [0.5, 0.6) is 0 Å². The fraction of sp³-hybridized carbons (Fsp3) is 0.400. The Morgan fingerprint density at radius 3 is 2.38 bits per heavy atom. The van der Waals surface area contributed by atoms with Gasteiger partial charge in [-0.15, -0.1) is 0 Å². The predicted octanol–water partition coefficient (Wildman–Crippen LogP) is 2.45. The number of benzene rings is 1. The molecule has 0 saturated carbocycles. The Balaban J connectivity index is 3.05. The third-order valence-corrected chi connectivity index (χ3v) is 2.17. The van der Waals surface area contributed by atoms with Gasteiger partial charge in [0, 0.05) is 5.92 Å². The van der Waals surface area contributed by atoms with E-state index in [1.54, 1.807) is 13.8 Å². The first kappa shape index (κ1) is 10.1. The van der Waals surface area contributed by atoms with Gasteiger partial charge in [-0.3, -0.25) is 0 Å². The molecule has 0 heterocycles.